The minimum absolute atomic E-state index is 0.00394. The van der Waals surface area contributed by atoms with Crippen LogP contribution in [0.2, 0.25) is 0 Å². The van der Waals surface area contributed by atoms with Crippen molar-refractivity contribution >= 4 is 11.9 Å². The van der Waals surface area contributed by atoms with Gasteiger partial charge in [0.15, 0.2) is 0 Å². The number of esters is 1. The van der Waals surface area contributed by atoms with E-state index in [4.69, 9.17) is 4.74 Å². The van der Waals surface area contributed by atoms with Crippen LogP contribution in [0.1, 0.15) is 386 Å². The Labute approximate surface area is 475 Å². The lowest BCUT2D eigenvalue weighted by Crippen LogP contribution is -2.45. The summed E-state index contributed by atoms with van der Waals surface area (Å²) in [4.78, 5) is 24.6. The van der Waals surface area contributed by atoms with Crippen molar-refractivity contribution in [1.82, 2.24) is 5.32 Å². The summed E-state index contributed by atoms with van der Waals surface area (Å²) in [5.74, 6) is -0.0252. The molecular weight excluding hydrogens is 935 g/mol. The van der Waals surface area contributed by atoms with E-state index in [1.165, 1.54) is 302 Å². The monoisotopic (exact) mass is 1070 g/mol. The van der Waals surface area contributed by atoms with Crippen molar-refractivity contribution < 1.29 is 24.5 Å². The zero-order valence-corrected chi connectivity index (χ0v) is 51.5. The minimum Gasteiger partial charge on any atom is -0.466 e. The highest BCUT2D eigenvalue weighted by molar-refractivity contribution is 5.76. The van der Waals surface area contributed by atoms with E-state index in [1.54, 1.807) is 0 Å². The number of carbonyl (C=O) groups excluding carboxylic acids is 2. The highest BCUT2D eigenvalue weighted by Gasteiger charge is 2.20. The Kier molecular flexibility index (Phi) is 64.4. The number of amides is 1. The first-order valence-electron chi connectivity index (χ1n) is 34.6. The van der Waals surface area contributed by atoms with Gasteiger partial charge in [-0.3, -0.25) is 9.59 Å². The van der Waals surface area contributed by atoms with E-state index in [9.17, 15) is 19.8 Å². The van der Waals surface area contributed by atoms with Gasteiger partial charge in [0.2, 0.25) is 5.91 Å². The van der Waals surface area contributed by atoms with E-state index < -0.39 is 12.1 Å². The minimum atomic E-state index is -0.663. The molecule has 76 heavy (non-hydrogen) atoms. The SMILES string of the molecule is CCCCC/C=C\C/C=C\CCCCCCCC(=O)OCCCCCCCCCCCCCCCCCCCCCCCCCCCCC(=O)N[C@@H](CO)[C@H](O)CCCCCCCCCCCCCCCCCCCC. The van der Waals surface area contributed by atoms with Crippen LogP contribution in [-0.4, -0.2) is 47.4 Å². The van der Waals surface area contributed by atoms with Gasteiger partial charge >= 0.3 is 5.97 Å². The van der Waals surface area contributed by atoms with Crippen LogP contribution in [0.4, 0.5) is 0 Å². The summed E-state index contributed by atoms with van der Waals surface area (Å²) in [5.41, 5.74) is 0. The Hall–Kier alpha value is -1.66. The topological polar surface area (TPSA) is 95.9 Å². The van der Waals surface area contributed by atoms with Crippen molar-refractivity contribution in [2.45, 2.75) is 398 Å². The Morgan fingerprint density at radius 3 is 1.03 bits per heavy atom. The first-order valence-corrected chi connectivity index (χ1v) is 34.6. The van der Waals surface area contributed by atoms with Crippen LogP contribution in [0.15, 0.2) is 24.3 Å². The second-order valence-electron chi connectivity index (χ2n) is 23.9. The molecule has 0 fully saturated rings. The Morgan fingerprint density at radius 1 is 0.368 bits per heavy atom. The van der Waals surface area contributed by atoms with Gasteiger partial charge in [-0.05, 0) is 57.8 Å². The lowest BCUT2D eigenvalue weighted by atomic mass is 10.0. The van der Waals surface area contributed by atoms with Crippen LogP contribution in [-0.2, 0) is 14.3 Å². The summed E-state index contributed by atoms with van der Waals surface area (Å²) in [6.45, 7) is 4.96. The molecule has 6 nitrogen and oxygen atoms in total. The third kappa shape index (κ3) is 61.6. The quantitative estimate of drug-likeness (QED) is 0.0320. The van der Waals surface area contributed by atoms with Crippen molar-refractivity contribution in [1.29, 1.82) is 0 Å². The Morgan fingerprint density at radius 2 is 0.658 bits per heavy atom. The number of carbonyl (C=O) groups is 2. The van der Waals surface area contributed by atoms with Crippen LogP contribution in [0.5, 0.6) is 0 Å². The molecule has 450 valence electrons. The summed E-state index contributed by atoms with van der Waals surface area (Å²) in [7, 11) is 0. The number of hydrogen-bond acceptors (Lipinski definition) is 5. The van der Waals surface area contributed by atoms with Crippen molar-refractivity contribution in [3.8, 4) is 0 Å². The normalized spacial score (nSPS) is 12.6. The third-order valence-corrected chi connectivity index (χ3v) is 16.3. The standard InChI is InChI=1S/C70H135NO5/c1-3-5-7-9-11-13-15-17-19-20-31-35-38-42-46-50-54-58-62-68(73)67(66-72)71-69(74)63-59-55-51-47-43-39-36-32-29-27-25-23-21-22-24-26-28-30-33-37-41-45-49-53-57-61-65-76-70(75)64-60-56-52-48-44-40-34-18-16-14-12-10-8-6-4-2/h12,14,18,34,67-68,72-73H,3-11,13,15-17,19-33,35-66H2,1-2H3,(H,71,74)/b14-12-,34-18-/t67-,68+/m0/s1. The number of hydrogen-bond donors (Lipinski definition) is 3. The number of aliphatic hydroxyl groups excluding tert-OH is 2. The van der Waals surface area contributed by atoms with Crippen molar-refractivity contribution in [3.05, 3.63) is 24.3 Å². The van der Waals surface area contributed by atoms with E-state index >= 15 is 0 Å². The molecule has 0 aromatic rings. The molecule has 0 radical (unpaired) electrons. The summed E-state index contributed by atoms with van der Waals surface area (Å²) in [6, 6.07) is -0.540. The highest BCUT2D eigenvalue weighted by Crippen LogP contribution is 2.19. The van der Waals surface area contributed by atoms with Crippen LogP contribution >= 0.6 is 0 Å². The van der Waals surface area contributed by atoms with Crippen molar-refractivity contribution in [2.24, 2.45) is 0 Å². The van der Waals surface area contributed by atoms with Crippen LogP contribution in [0.25, 0.3) is 0 Å². The molecule has 0 spiro atoms. The summed E-state index contributed by atoms with van der Waals surface area (Å²) in [5, 5.41) is 23.4. The fourth-order valence-electron chi connectivity index (χ4n) is 11.0. The zero-order valence-electron chi connectivity index (χ0n) is 51.5. The third-order valence-electron chi connectivity index (χ3n) is 16.3. The highest BCUT2D eigenvalue weighted by atomic mass is 16.5. The summed E-state index contributed by atoms with van der Waals surface area (Å²) < 4.78 is 5.49. The summed E-state index contributed by atoms with van der Waals surface area (Å²) >= 11 is 0. The maximum atomic E-state index is 12.5. The molecule has 0 aromatic heterocycles. The number of unbranched alkanes of at least 4 members (excludes halogenated alkanes) is 50. The van der Waals surface area contributed by atoms with Gasteiger partial charge in [-0.2, -0.15) is 0 Å². The second-order valence-corrected chi connectivity index (χ2v) is 23.9. The predicted molar refractivity (Wildman–Crippen MR) is 333 cm³/mol. The molecule has 0 aliphatic carbocycles. The lowest BCUT2D eigenvalue weighted by Gasteiger charge is -2.22. The van der Waals surface area contributed by atoms with E-state index in [0.29, 0.717) is 25.9 Å². The molecule has 0 aromatic carbocycles. The largest absolute Gasteiger partial charge is 0.466 e. The molecule has 0 unspecified atom stereocenters. The number of allylic oxidation sites excluding steroid dienone is 4. The van der Waals surface area contributed by atoms with Gasteiger partial charge in [0.05, 0.1) is 25.4 Å². The van der Waals surface area contributed by atoms with Gasteiger partial charge in [0, 0.05) is 12.8 Å². The van der Waals surface area contributed by atoms with Gasteiger partial charge in [-0.15, -0.1) is 0 Å². The van der Waals surface area contributed by atoms with Crippen molar-refractivity contribution in [3.63, 3.8) is 0 Å². The molecule has 0 saturated heterocycles. The van der Waals surface area contributed by atoms with E-state index in [2.05, 4.69) is 43.5 Å². The summed E-state index contributed by atoms with van der Waals surface area (Å²) in [6.07, 6.45) is 82.2. The van der Waals surface area contributed by atoms with Gasteiger partial charge in [0.25, 0.3) is 0 Å². The number of nitrogens with one attached hydrogen (secondary N) is 1. The zero-order chi connectivity index (χ0) is 55.0. The van der Waals surface area contributed by atoms with Crippen LogP contribution in [0.3, 0.4) is 0 Å². The first-order chi connectivity index (χ1) is 37.5. The molecule has 0 bridgehead atoms. The van der Waals surface area contributed by atoms with E-state index in [-0.39, 0.29) is 18.5 Å². The lowest BCUT2D eigenvalue weighted by molar-refractivity contribution is -0.143. The smallest absolute Gasteiger partial charge is 0.305 e. The number of aliphatic hydroxyl groups is 2. The average Bonchev–Trinajstić information content (AvgIpc) is 3.42. The molecule has 6 heteroatoms. The van der Waals surface area contributed by atoms with E-state index in [0.717, 1.165) is 51.4 Å². The van der Waals surface area contributed by atoms with Gasteiger partial charge in [-0.1, -0.05) is 340 Å². The fourth-order valence-corrected chi connectivity index (χ4v) is 11.0. The van der Waals surface area contributed by atoms with Gasteiger partial charge < -0.3 is 20.3 Å². The van der Waals surface area contributed by atoms with Gasteiger partial charge in [-0.25, -0.2) is 0 Å². The molecule has 0 aliphatic heterocycles. The molecule has 0 aliphatic rings. The Bertz CT molecular complexity index is 1190. The number of rotatable bonds is 65. The average molecular weight is 1070 g/mol. The van der Waals surface area contributed by atoms with Gasteiger partial charge in [0.1, 0.15) is 0 Å². The molecule has 3 N–H and O–H groups in total. The van der Waals surface area contributed by atoms with Crippen LogP contribution < -0.4 is 5.32 Å². The molecular formula is C70H135NO5. The maximum absolute atomic E-state index is 12.5. The number of ether oxygens (including phenoxy) is 1. The predicted octanol–water partition coefficient (Wildman–Crippen LogP) is 22.1. The first kappa shape index (κ1) is 74.3. The van der Waals surface area contributed by atoms with Crippen LogP contribution in [0, 0.1) is 0 Å². The second kappa shape index (κ2) is 65.9. The fraction of sp³-hybridized carbons (Fsp3) is 0.914. The molecule has 0 rings (SSSR count). The van der Waals surface area contributed by atoms with E-state index in [1.807, 2.05) is 0 Å². The molecule has 2 atom stereocenters. The maximum Gasteiger partial charge on any atom is 0.305 e. The Balaban J connectivity index is 3.36. The molecule has 0 heterocycles. The molecule has 1 amide bonds. The molecule has 0 saturated carbocycles. The van der Waals surface area contributed by atoms with Crippen molar-refractivity contribution in [2.75, 3.05) is 13.2 Å².